The molecule has 7 aromatic rings. The van der Waals surface area contributed by atoms with Gasteiger partial charge in [-0.1, -0.05) is 160 Å². The van der Waals surface area contributed by atoms with Crippen LogP contribution in [0.2, 0.25) is 0 Å². The lowest BCUT2D eigenvalue weighted by Crippen LogP contribution is -2.59. The first-order valence-electron chi connectivity index (χ1n) is 21.4. The molecule has 3 heteroatoms. The molecule has 58 heavy (non-hydrogen) atoms. The van der Waals surface area contributed by atoms with Crippen LogP contribution in [0.25, 0.3) is 44.3 Å². The highest BCUT2D eigenvalue weighted by molar-refractivity contribution is 7.00. The van der Waals surface area contributed by atoms with Crippen molar-refractivity contribution in [1.82, 2.24) is 0 Å². The van der Waals surface area contributed by atoms with E-state index < -0.39 is 0 Å². The summed E-state index contributed by atoms with van der Waals surface area (Å²) in [6.07, 6.45) is 2.32. The van der Waals surface area contributed by atoms with Crippen LogP contribution in [0.4, 0.5) is 17.1 Å². The number of rotatable bonds is 3. The maximum Gasteiger partial charge on any atom is 0.293 e. The maximum absolute atomic E-state index is 7.51. The van der Waals surface area contributed by atoms with Gasteiger partial charge in [-0.3, -0.25) is 0 Å². The number of nitrogens with zero attached hydrogens (tertiary/aromatic N) is 1. The number of hydrogen-bond donors (Lipinski definition) is 0. The Labute approximate surface area is 346 Å². The molecule has 0 bridgehead atoms. The van der Waals surface area contributed by atoms with Crippen LogP contribution < -0.4 is 21.5 Å². The van der Waals surface area contributed by atoms with Crippen LogP contribution in [0, 0.1) is 6.92 Å². The molecular weight excluding hydrogens is 701 g/mol. The third-order valence-electron chi connectivity index (χ3n) is 13.9. The van der Waals surface area contributed by atoms with Gasteiger partial charge in [0.1, 0.15) is 5.76 Å². The molecule has 3 aliphatic rings. The quantitative estimate of drug-likeness (QED) is 0.167. The monoisotopic (exact) mass is 757 g/mol. The van der Waals surface area contributed by atoms with Crippen LogP contribution >= 0.6 is 0 Å². The molecule has 290 valence electrons. The Kier molecular flexibility index (Phi) is 7.90. The van der Waals surface area contributed by atoms with E-state index in [1.165, 1.54) is 94.4 Å². The Balaban J connectivity index is 1.34. The van der Waals surface area contributed by atoms with Gasteiger partial charge in [-0.05, 0) is 121 Å². The van der Waals surface area contributed by atoms with Gasteiger partial charge in [-0.2, -0.15) is 0 Å². The SMILES string of the molecule is Cc1cc2c3c(c1)N(c1ccc(C(C)(C)C)cc1-c1ccccc1)c1cc4c(cc1B3c1oc(-c3ccccc3C(C)(C)C)c3cccc-2c13)C(C)(C)CCC4(C)C. The molecule has 2 nitrogen and oxygen atoms in total. The minimum atomic E-state index is -0.0649. The van der Waals surface area contributed by atoms with Crippen molar-refractivity contribution in [2.24, 2.45) is 0 Å². The molecule has 0 unspecified atom stereocenters. The van der Waals surface area contributed by atoms with Crippen LogP contribution in [-0.4, -0.2) is 6.71 Å². The standard InChI is InChI=1S/C55H56BNO/c1-33-28-40-36-21-17-22-38-48(36)51(58-50(38)37-20-15-16-23-41(37)53(5,6)7)56-44-31-42-43(55(10,11)27-26-54(42,8)9)32-46(44)57(47(29-33)49(40)56)45-25-24-35(52(2,3)4)30-39(45)34-18-13-12-14-19-34/h12-25,28-32H,26-27H2,1-11H3. The maximum atomic E-state index is 7.51. The molecule has 1 aliphatic carbocycles. The van der Waals surface area contributed by atoms with Crippen molar-refractivity contribution < 1.29 is 4.42 Å². The number of fused-ring (bicyclic) bond motifs is 5. The number of anilines is 3. The van der Waals surface area contributed by atoms with Crippen molar-refractivity contribution in [3.63, 3.8) is 0 Å². The summed E-state index contributed by atoms with van der Waals surface area (Å²) in [5.41, 5.74) is 20.6. The minimum absolute atomic E-state index is 0.00181. The third kappa shape index (κ3) is 5.45. The summed E-state index contributed by atoms with van der Waals surface area (Å²) in [5, 5.41) is 2.46. The van der Waals surface area contributed by atoms with Gasteiger partial charge in [-0.15, -0.1) is 0 Å². The molecule has 0 atom stereocenters. The molecule has 10 rings (SSSR count). The second-order valence-electron chi connectivity index (χ2n) is 20.9. The van der Waals surface area contributed by atoms with E-state index in [-0.39, 0.29) is 28.4 Å². The van der Waals surface area contributed by atoms with Crippen LogP contribution in [-0.2, 0) is 21.7 Å². The Bertz CT molecular complexity index is 2820. The van der Waals surface area contributed by atoms with Crippen molar-refractivity contribution in [2.75, 3.05) is 4.90 Å². The number of benzene rings is 6. The first-order chi connectivity index (χ1) is 27.4. The molecule has 1 aromatic heterocycles. The van der Waals surface area contributed by atoms with Crippen molar-refractivity contribution >= 4 is 51.1 Å². The summed E-state index contributed by atoms with van der Waals surface area (Å²) in [6, 6.07) is 44.1. The van der Waals surface area contributed by atoms with E-state index in [0.717, 1.165) is 24.3 Å². The lowest BCUT2D eigenvalue weighted by molar-refractivity contribution is 0.332. The van der Waals surface area contributed by atoms with Gasteiger partial charge in [0.25, 0.3) is 6.71 Å². The largest absolute Gasteiger partial charge is 0.469 e. The zero-order chi connectivity index (χ0) is 40.7. The van der Waals surface area contributed by atoms with Gasteiger partial charge in [0.05, 0.1) is 11.3 Å². The number of hydrogen-bond acceptors (Lipinski definition) is 2. The summed E-state index contributed by atoms with van der Waals surface area (Å²) in [4.78, 5) is 2.63. The average molecular weight is 758 g/mol. The van der Waals surface area contributed by atoms with E-state index in [2.05, 4.69) is 196 Å². The lowest BCUT2D eigenvalue weighted by Gasteiger charge is -2.46. The molecule has 0 saturated carbocycles. The summed E-state index contributed by atoms with van der Waals surface area (Å²) in [6.45, 7) is 25.9. The highest BCUT2D eigenvalue weighted by atomic mass is 16.3. The van der Waals surface area contributed by atoms with E-state index in [4.69, 9.17) is 4.42 Å². The third-order valence-corrected chi connectivity index (χ3v) is 13.9. The molecule has 0 spiro atoms. The Morgan fingerprint density at radius 2 is 1.26 bits per heavy atom. The van der Waals surface area contributed by atoms with E-state index in [0.29, 0.717) is 0 Å². The Hall–Kier alpha value is -5.28. The molecule has 2 aliphatic heterocycles. The Morgan fingerprint density at radius 1 is 0.586 bits per heavy atom. The van der Waals surface area contributed by atoms with Crippen LogP contribution in [0.5, 0.6) is 0 Å². The van der Waals surface area contributed by atoms with Gasteiger partial charge in [0.15, 0.2) is 0 Å². The summed E-state index contributed by atoms with van der Waals surface area (Å²) in [5.74, 6) is 0.982. The number of furan rings is 1. The molecule has 6 aromatic carbocycles. The highest BCUT2D eigenvalue weighted by Crippen LogP contribution is 2.52. The number of aryl methyl sites for hydroxylation is 1. The molecule has 0 amide bonds. The van der Waals surface area contributed by atoms with E-state index in [1.807, 2.05) is 0 Å². The van der Waals surface area contributed by atoms with Gasteiger partial charge in [0, 0.05) is 33.3 Å². The normalized spacial score (nSPS) is 16.3. The van der Waals surface area contributed by atoms with Gasteiger partial charge in [0.2, 0.25) is 0 Å². The Morgan fingerprint density at radius 3 is 1.97 bits per heavy atom. The molecule has 0 radical (unpaired) electrons. The zero-order valence-electron chi connectivity index (χ0n) is 36.3. The van der Waals surface area contributed by atoms with Crippen molar-refractivity contribution in [1.29, 1.82) is 0 Å². The molecule has 0 saturated heterocycles. The van der Waals surface area contributed by atoms with Gasteiger partial charge < -0.3 is 9.32 Å². The lowest BCUT2D eigenvalue weighted by atomic mass is 9.34. The fraction of sp³-hybridized carbons (Fsp3) is 0.309. The van der Waals surface area contributed by atoms with E-state index in [1.54, 1.807) is 0 Å². The topological polar surface area (TPSA) is 16.4 Å². The van der Waals surface area contributed by atoms with Gasteiger partial charge in [-0.25, -0.2) is 0 Å². The fourth-order valence-corrected chi connectivity index (χ4v) is 10.6. The van der Waals surface area contributed by atoms with Crippen LogP contribution in [0.15, 0.2) is 120 Å². The van der Waals surface area contributed by atoms with Crippen molar-refractivity contribution in [3.8, 4) is 33.6 Å². The smallest absolute Gasteiger partial charge is 0.293 e. The van der Waals surface area contributed by atoms with Crippen molar-refractivity contribution in [2.45, 2.75) is 111 Å². The second kappa shape index (κ2) is 12.4. The van der Waals surface area contributed by atoms with E-state index >= 15 is 0 Å². The first-order valence-corrected chi connectivity index (χ1v) is 21.4. The minimum Gasteiger partial charge on any atom is -0.469 e. The van der Waals surface area contributed by atoms with Gasteiger partial charge >= 0.3 is 0 Å². The van der Waals surface area contributed by atoms with E-state index in [9.17, 15) is 0 Å². The molecule has 0 fully saturated rings. The second-order valence-corrected chi connectivity index (χ2v) is 20.9. The predicted molar refractivity (Wildman–Crippen MR) is 249 cm³/mol. The van der Waals surface area contributed by atoms with Crippen molar-refractivity contribution in [3.05, 3.63) is 143 Å². The predicted octanol–water partition coefficient (Wildman–Crippen LogP) is 13.3. The molecule has 0 N–H and O–H groups in total. The summed E-state index contributed by atoms with van der Waals surface area (Å²) < 4.78 is 7.51. The first kappa shape index (κ1) is 37.0. The van der Waals surface area contributed by atoms with Crippen LogP contribution in [0.1, 0.15) is 110 Å². The zero-order valence-corrected chi connectivity index (χ0v) is 36.3. The molecular formula is C55H56BNO. The molecule has 3 heterocycles. The highest BCUT2D eigenvalue weighted by Gasteiger charge is 2.47. The van der Waals surface area contributed by atoms with Crippen LogP contribution in [0.3, 0.4) is 0 Å². The fourth-order valence-electron chi connectivity index (χ4n) is 10.6. The average Bonchev–Trinajstić information content (AvgIpc) is 3.57. The summed E-state index contributed by atoms with van der Waals surface area (Å²) in [7, 11) is 0. The summed E-state index contributed by atoms with van der Waals surface area (Å²) >= 11 is 0.